The van der Waals surface area contributed by atoms with Crippen LogP contribution in [-0.4, -0.2) is 23.2 Å². The van der Waals surface area contributed by atoms with Crippen molar-refractivity contribution in [2.75, 3.05) is 0 Å². The molecule has 2 aliphatic rings. The first-order valence-electron chi connectivity index (χ1n) is 7.80. The molecule has 0 amide bonds. The highest BCUT2D eigenvalue weighted by Crippen LogP contribution is 2.35. The van der Waals surface area contributed by atoms with E-state index in [1.807, 2.05) is 0 Å². The van der Waals surface area contributed by atoms with Crippen LogP contribution < -0.4 is 5.32 Å². The Morgan fingerprint density at radius 3 is 2.90 bits per heavy atom. The van der Waals surface area contributed by atoms with Gasteiger partial charge in [0.05, 0.1) is 0 Å². The van der Waals surface area contributed by atoms with E-state index in [4.69, 9.17) is 5.11 Å². The number of fused-ring (bicyclic) bond motifs is 1. The summed E-state index contributed by atoms with van der Waals surface area (Å²) >= 11 is 0. The molecule has 3 nitrogen and oxygen atoms in total. The Kier molecular flexibility index (Phi) is 4.06. The van der Waals surface area contributed by atoms with Crippen LogP contribution in [0, 0.1) is 0 Å². The molecule has 1 fully saturated rings. The van der Waals surface area contributed by atoms with Crippen LogP contribution in [0.2, 0.25) is 0 Å². The van der Waals surface area contributed by atoms with Crippen LogP contribution >= 0.6 is 0 Å². The third kappa shape index (κ3) is 2.88. The van der Waals surface area contributed by atoms with E-state index in [9.17, 15) is 4.79 Å². The topological polar surface area (TPSA) is 49.3 Å². The van der Waals surface area contributed by atoms with Gasteiger partial charge >= 0.3 is 5.97 Å². The first kappa shape index (κ1) is 13.6. The molecule has 0 radical (unpaired) electrons. The fourth-order valence-electron chi connectivity index (χ4n) is 3.84. The fourth-order valence-corrected chi connectivity index (χ4v) is 3.84. The summed E-state index contributed by atoms with van der Waals surface area (Å²) in [4.78, 5) is 11.1. The van der Waals surface area contributed by atoms with E-state index in [-0.39, 0.29) is 6.04 Å². The summed E-state index contributed by atoms with van der Waals surface area (Å²) in [7, 11) is 0. The number of hydrogen-bond acceptors (Lipinski definition) is 2. The van der Waals surface area contributed by atoms with E-state index in [1.165, 1.54) is 30.4 Å². The Hall–Kier alpha value is -1.35. The van der Waals surface area contributed by atoms with E-state index in [0.29, 0.717) is 12.0 Å². The average molecular weight is 273 g/mol. The van der Waals surface area contributed by atoms with Gasteiger partial charge in [0.15, 0.2) is 0 Å². The number of carboxylic acid groups (broad SMARTS) is 1. The molecule has 20 heavy (non-hydrogen) atoms. The zero-order valence-electron chi connectivity index (χ0n) is 11.8. The van der Waals surface area contributed by atoms with Gasteiger partial charge < -0.3 is 10.4 Å². The van der Waals surface area contributed by atoms with Crippen molar-refractivity contribution in [3.05, 3.63) is 35.4 Å². The van der Waals surface area contributed by atoms with Crippen LogP contribution in [0.15, 0.2) is 24.3 Å². The molecule has 1 heterocycles. The number of hydrogen-bond donors (Lipinski definition) is 2. The van der Waals surface area contributed by atoms with Gasteiger partial charge in [-0.2, -0.15) is 0 Å². The number of carboxylic acids is 1. The molecule has 3 unspecified atom stereocenters. The van der Waals surface area contributed by atoms with Gasteiger partial charge in [-0.25, -0.2) is 0 Å². The minimum atomic E-state index is -0.696. The van der Waals surface area contributed by atoms with Gasteiger partial charge in [-0.3, -0.25) is 4.79 Å². The van der Waals surface area contributed by atoms with Crippen molar-refractivity contribution >= 4 is 5.97 Å². The van der Waals surface area contributed by atoms with Crippen molar-refractivity contribution in [1.29, 1.82) is 0 Å². The summed E-state index contributed by atoms with van der Waals surface area (Å²) in [6.07, 6.45) is 7.70. The monoisotopic (exact) mass is 273 g/mol. The smallest absolute Gasteiger partial charge is 0.320 e. The number of carbonyl (C=O) groups is 1. The Bertz CT molecular complexity index is 486. The number of nitrogens with one attached hydrogen (secondary N) is 1. The van der Waals surface area contributed by atoms with Crippen molar-refractivity contribution in [3.63, 3.8) is 0 Å². The lowest BCUT2D eigenvalue weighted by Gasteiger charge is -2.33. The minimum Gasteiger partial charge on any atom is -0.480 e. The molecule has 3 heteroatoms. The lowest BCUT2D eigenvalue weighted by atomic mass is 9.78. The molecule has 1 saturated heterocycles. The summed E-state index contributed by atoms with van der Waals surface area (Å²) < 4.78 is 0. The van der Waals surface area contributed by atoms with Crippen molar-refractivity contribution < 1.29 is 9.90 Å². The summed E-state index contributed by atoms with van der Waals surface area (Å²) in [5, 5.41) is 12.5. The third-order valence-electron chi connectivity index (χ3n) is 4.84. The highest BCUT2D eigenvalue weighted by atomic mass is 16.4. The maximum atomic E-state index is 11.1. The fraction of sp³-hybridized carbons (Fsp3) is 0.588. The normalized spacial score (nSPS) is 29.7. The third-order valence-corrected chi connectivity index (χ3v) is 4.84. The Morgan fingerprint density at radius 1 is 1.20 bits per heavy atom. The van der Waals surface area contributed by atoms with Gasteiger partial charge in [0, 0.05) is 6.04 Å². The van der Waals surface area contributed by atoms with E-state index in [2.05, 4.69) is 29.6 Å². The number of aliphatic carboxylic acids is 1. The molecule has 0 spiro atoms. The quantitative estimate of drug-likeness (QED) is 0.889. The Balaban J connectivity index is 1.68. The predicted octanol–water partition coefficient (Wildman–Crippen LogP) is 3.09. The molecule has 0 saturated carbocycles. The largest absolute Gasteiger partial charge is 0.480 e. The van der Waals surface area contributed by atoms with Crippen LogP contribution in [0.4, 0.5) is 0 Å². The second kappa shape index (κ2) is 5.96. The van der Waals surface area contributed by atoms with E-state index in [0.717, 1.165) is 25.7 Å². The first-order chi connectivity index (χ1) is 9.74. The van der Waals surface area contributed by atoms with Gasteiger partial charge in [-0.15, -0.1) is 0 Å². The van der Waals surface area contributed by atoms with Gasteiger partial charge in [0.25, 0.3) is 0 Å². The molecule has 1 aliphatic heterocycles. The Morgan fingerprint density at radius 2 is 2.05 bits per heavy atom. The lowest BCUT2D eigenvalue weighted by Crippen LogP contribution is -2.47. The number of benzene rings is 1. The van der Waals surface area contributed by atoms with Crippen LogP contribution in [0.1, 0.15) is 55.6 Å². The summed E-state index contributed by atoms with van der Waals surface area (Å²) in [5.41, 5.74) is 2.99. The summed E-state index contributed by atoms with van der Waals surface area (Å²) in [6, 6.07) is 8.78. The van der Waals surface area contributed by atoms with Gasteiger partial charge in [0.2, 0.25) is 0 Å². The van der Waals surface area contributed by atoms with E-state index in [1.54, 1.807) is 0 Å². The van der Waals surface area contributed by atoms with Crippen LogP contribution in [0.5, 0.6) is 0 Å². The molecular weight excluding hydrogens is 250 g/mol. The number of aryl methyl sites for hydroxylation is 1. The molecule has 2 N–H and O–H groups in total. The van der Waals surface area contributed by atoms with Gasteiger partial charge in [0.1, 0.15) is 6.04 Å². The molecule has 1 aromatic carbocycles. The van der Waals surface area contributed by atoms with Crippen molar-refractivity contribution in [2.45, 2.75) is 62.9 Å². The van der Waals surface area contributed by atoms with Crippen LogP contribution in [-0.2, 0) is 11.2 Å². The van der Waals surface area contributed by atoms with Crippen molar-refractivity contribution in [2.24, 2.45) is 0 Å². The summed E-state index contributed by atoms with van der Waals surface area (Å²) in [5.74, 6) is -0.0938. The van der Waals surface area contributed by atoms with Gasteiger partial charge in [-0.05, 0) is 62.0 Å². The maximum absolute atomic E-state index is 11.1. The molecular formula is C17H23NO2. The standard InChI is InChI=1S/C17H23NO2/c19-17(20)16-10-4-8-14(18-16)11-13-7-3-6-12-5-1-2-9-15(12)13/h1-2,5,9,13-14,16,18H,3-4,6-8,10-11H2,(H,19,20). The molecule has 3 atom stereocenters. The molecule has 1 aromatic rings. The maximum Gasteiger partial charge on any atom is 0.320 e. The van der Waals surface area contributed by atoms with E-state index >= 15 is 0 Å². The highest BCUT2D eigenvalue weighted by molar-refractivity contribution is 5.73. The molecule has 0 aromatic heterocycles. The first-order valence-corrected chi connectivity index (χ1v) is 7.80. The van der Waals surface area contributed by atoms with Crippen LogP contribution in [0.3, 0.4) is 0 Å². The summed E-state index contributed by atoms with van der Waals surface area (Å²) in [6.45, 7) is 0. The second-order valence-corrected chi connectivity index (χ2v) is 6.21. The highest BCUT2D eigenvalue weighted by Gasteiger charge is 2.29. The average Bonchev–Trinajstić information content (AvgIpc) is 2.48. The van der Waals surface area contributed by atoms with E-state index < -0.39 is 5.97 Å². The number of piperidine rings is 1. The van der Waals surface area contributed by atoms with Crippen molar-refractivity contribution in [3.8, 4) is 0 Å². The molecule has 3 rings (SSSR count). The molecule has 1 aliphatic carbocycles. The number of rotatable bonds is 3. The SMILES string of the molecule is O=C(O)C1CCCC(CC2CCCc3ccccc32)N1. The zero-order chi connectivity index (χ0) is 13.9. The zero-order valence-corrected chi connectivity index (χ0v) is 11.8. The minimum absolute atomic E-state index is 0.340. The Labute approximate surface area is 120 Å². The van der Waals surface area contributed by atoms with Crippen LogP contribution in [0.25, 0.3) is 0 Å². The predicted molar refractivity (Wildman–Crippen MR) is 78.9 cm³/mol. The molecule has 108 valence electrons. The second-order valence-electron chi connectivity index (χ2n) is 6.21. The lowest BCUT2D eigenvalue weighted by molar-refractivity contribution is -0.140. The van der Waals surface area contributed by atoms with Crippen molar-refractivity contribution in [1.82, 2.24) is 5.32 Å². The van der Waals surface area contributed by atoms with Gasteiger partial charge in [-0.1, -0.05) is 24.3 Å². The molecule has 0 bridgehead atoms.